The molecule has 0 aromatic heterocycles. The predicted molar refractivity (Wildman–Crippen MR) is 142 cm³/mol. The Hall–Kier alpha value is -2.79. The van der Waals surface area contributed by atoms with E-state index >= 15 is 0 Å². The maximum atomic E-state index is 13.6. The molecule has 0 saturated carbocycles. The number of halogens is 4. The van der Waals surface area contributed by atoms with Crippen LogP contribution in [0, 0.1) is 5.92 Å². The third-order valence-corrected chi connectivity index (χ3v) is 7.25. The van der Waals surface area contributed by atoms with E-state index in [1.54, 1.807) is 6.92 Å². The zero-order chi connectivity index (χ0) is 28.7. The molecule has 7 nitrogen and oxygen atoms in total. The number of alkyl halides is 3. The van der Waals surface area contributed by atoms with Crippen LogP contribution in [0.4, 0.5) is 18.9 Å². The Kier molecular flexibility index (Phi) is 11.0. The minimum atomic E-state index is -4.83. The number of hydrogen-bond donors (Lipinski definition) is 1. The van der Waals surface area contributed by atoms with Crippen molar-refractivity contribution in [2.24, 2.45) is 5.92 Å². The van der Waals surface area contributed by atoms with Gasteiger partial charge in [0.25, 0.3) is 0 Å². The minimum absolute atomic E-state index is 0.0997. The van der Waals surface area contributed by atoms with Gasteiger partial charge in [0.15, 0.2) is 0 Å². The third kappa shape index (κ3) is 8.90. The maximum absolute atomic E-state index is 13.6. The van der Waals surface area contributed by atoms with E-state index in [-0.39, 0.29) is 30.5 Å². The van der Waals surface area contributed by atoms with Gasteiger partial charge in [0.05, 0.1) is 22.5 Å². The SMILES string of the molecule is CCC(C(=O)NCC(C)C)N(CCc1ccccc1)C(=O)CN(c1ccc(Cl)c(C(F)(F)F)c1)S(C)(=O)=O. The Bertz CT molecular complexity index is 1210. The molecule has 2 aromatic rings. The number of anilines is 1. The highest BCUT2D eigenvalue weighted by atomic mass is 35.5. The highest BCUT2D eigenvalue weighted by Gasteiger charge is 2.36. The number of carbonyl (C=O) groups excluding carboxylic acids is 2. The first-order valence-electron chi connectivity index (χ1n) is 12.1. The number of hydrogen-bond acceptors (Lipinski definition) is 4. The van der Waals surface area contributed by atoms with Crippen molar-refractivity contribution in [3.05, 3.63) is 64.7 Å². The van der Waals surface area contributed by atoms with Crippen LogP contribution in [0.3, 0.4) is 0 Å². The summed E-state index contributed by atoms with van der Waals surface area (Å²) in [5.41, 5.74) is -0.689. The summed E-state index contributed by atoms with van der Waals surface area (Å²) in [5.74, 6) is -0.945. The lowest BCUT2D eigenvalue weighted by molar-refractivity contribution is -0.139. The lowest BCUT2D eigenvalue weighted by Crippen LogP contribution is -2.53. The summed E-state index contributed by atoms with van der Waals surface area (Å²) < 4.78 is 66.2. The molecule has 0 spiro atoms. The van der Waals surface area contributed by atoms with Gasteiger partial charge in [-0.05, 0) is 42.5 Å². The van der Waals surface area contributed by atoms with Gasteiger partial charge in [-0.2, -0.15) is 13.2 Å². The number of carbonyl (C=O) groups is 2. The van der Waals surface area contributed by atoms with Gasteiger partial charge in [0, 0.05) is 13.1 Å². The second kappa shape index (κ2) is 13.3. The van der Waals surface area contributed by atoms with Crippen molar-refractivity contribution in [1.29, 1.82) is 0 Å². The Morgan fingerprint density at radius 1 is 1.08 bits per heavy atom. The largest absolute Gasteiger partial charge is 0.417 e. The first-order valence-corrected chi connectivity index (χ1v) is 14.3. The van der Waals surface area contributed by atoms with Gasteiger partial charge < -0.3 is 10.2 Å². The Labute approximate surface area is 227 Å². The molecule has 210 valence electrons. The van der Waals surface area contributed by atoms with Crippen molar-refractivity contribution < 1.29 is 31.2 Å². The second-order valence-corrected chi connectivity index (χ2v) is 11.6. The van der Waals surface area contributed by atoms with Gasteiger partial charge >= 0.3 is 6.18 Å². The summed E-state index contributed by atoms with van der Waals surface area (Å²) in [6.07, 6.45) is -3.39. The summed E-state index contributed by atoms with van der Waals surface area (Å²) in [6, 6.07) is 11.0. The van der Waals surface area contributed by atoms with Crippen molar-refractivity contribution in [2.45, 2.75) is 45.8 Å². The van der Waals surface area contributed by atoms with Gasteiger partial charge in [-0.25, -0.2) is 8.42 Å². The average Bonchev–Trinajstić information content (AvgIpc) is 2.83. The van der Waals surface area contributed by atoms with Gasteiger partial charge in [0.2, 0.25) is 21.8 Å². The fourth-order valence-corrected chi connectivity index (χ4v) is 4.88. The van der Waals surface area contributed by atoms with Crippen LogP contribution in [-0.2, 0) is 32.2 Å². The zero-order valence-corrected chi connectivity index (χ0v) is 23.3. The molecule has 2 amide bonds. The van der Waals surface area contributed by atoms with E-state index in [4.69, 9.17) is 11.6 Å². The Morgan fingerprint density at radius 3 is 2.24 bits per heavy atom. The van der Waals surface area contributed by atoms with Crippen LogP contribution < -0.4 is 9.62 Å². The third-order valence-electron chi connectivity index (χ3n) is 5.78. The number of benzene rings is 2. The summed E-state index contributed by atoms with van der Waals surface area (Å²) in [7, 11) is -4.19. The number of sulfonamides is 1. The lowest BCUT2D eigenvalue weighted by atomic mass is 10.1. The zero-order valence-electron chi connectivity index (χ0n) is 21.8. The monoisotopic (exact) mass is 575 g/mol. The molecule has 0 heterocycles. The molecule has 0 saturated heterocycles. The highest BCUT2D eigenvalue weighted by Crippen LogP contribution is 2.37. The van der Waals surface area contributed by atoms with Crippen molar-refractivity contribution in [2.75, 3.05) is 30.2 Å². The molecule has 0 aliphatic heterocycles. The molecule has 0 radical (unpaired) electrons. The molecule has 0 bridgehead atoms. The Balaban J connectivity index is 2.44. The van der Waals surface area contributed by atoms with Crippen LogP contribution in [0.2, 0.25) is 5.02 Å². The fourth-order valence-electron chi connectivity index (χ4n) is 3.82. The van der Waals surface area contributed by atoms with Crippen LogP contribution in [0.15, 0.2) is 48.5 Å². The van der Waals surface area contributed by atoms with Crippen LogP contribution >= 0.6 is 11.6 Å². The van der Waals surface area contributed by atoms with Crippen LogP contribution in [0.5, 0.6) is 0 Å². The topological polar surface area (TPSA) is 86.8 Å². The molecular weight excluding hydrogens is 543 g/mol. The molecule has 0 aliphatic carbocycles. The van der Waals surface area contributed by atoms with Crippen LogP contribution in [-0.4, -0.2) is 57.1 Å². The molecule has 38 heavy (non-hydrogen) atoms. The quantitative estimate of drug-likeness (QED) is 0.396. The first kappa shape index (κ1) is 31.4. The van der Waals surface area contributed by atoms with Gasteiger partial charge in [0.1, 0.15) is 12.6 Å². The van der Waals surface area contributed by atoms with E-state index in [0.29, 0.717) is 23.3 Å². The minimum Gasteiger partial charge on any atom is -0.354 e. The summed E-state index contributed by atoms with van der Waals surface area (Å²) >= 11 is 5.69. The van der Waals surface area contributed by atoms with Crippen LogP contribution in [0.1, 0.15) is 38.3 Å². The smallest absolute Gasteiger partial charge is 0.354 e. The maximum Gasteiger partial charge on any atom is 0.417 e. The van der Waals surface area contributed by atoms with Crippen molar-refractivity contribution in [3.63, 3.8) is 0 Å². The van der Waals surface area contributed by atoms with E-state index in [1.165, 1.54) is 4.90 Å². The number of nitrogens with one attached hydrogen (secondary N) is 1. The fraction of sp³-hybridized carbons (Fsp3) is 0.462. The molecule has 12 heteroatoms. The van der Waals surface area contributed by atoms with E-state index < -0.39 is 45.3 Å². The van der Waals surface area contributed by atoms with Gasteiger partial charge in [-0.1, -0.05) is 62.7 Å². The first-order chi connectivity index (χ1) is 17.6. The van der Waals surface area contributed by atoms with E-state index in [1.807, 2.05) is 44.2 Å². The molecule has 2 aromatic carbocycles. The standard InChI is InChI=1S/C26H33ClF3N3O4S/c1-5-23(25(35)31-16-18(2)3)32(14-13-19-9-7-6-8-10-19)24(34)17-33(38(4,36)37)20-11-12-22(27)21(15-20)26(28,29)30/h6-12,15,18,23H,5,13-14,16-17H2,1-4H3,(H,31,35). The molecular formula is C26H33ClF3N3O4S. The number of nitrogens with zero attached hydrogens (tertiary/aromatic N) is 2. The molecule has 1 unspecified atom stereocenters. The summed E-state index contributed by atoms with van der Waals surface area (Å²) in [5, 5.41) is 2.21. The van der Waals surface area contributed by atoms with Gasteiger partial charge in [-0.15, -0.1) is 0 Å². The number of amides is 2. The van der Waals surface area contributed by atoms with E-state index in [0.717, 1.165) is 24.0 Å². The highest BCUT2D eigenvalue weighted by molar-refractivity contribution is 7.92. The molecule has 0 aliphatic rings. The molecule has 2 rings (SSSR count). The second-order valence-electron chi connectivity index (χ2n) is 9.32. The van der Waals surface area contributed by atoms with Crippen LogP contribution in [0.25, 0.3) is 0 Å². The van der Waals surface area contributed by atoms with Gasteiger partial charge in [-0.3, -0.25) is 13.9 Å². The average molecular weight is 576 g/mol. The summed E-state index contributed by atoms with van der Waals surface area (Å²) in [4.78, 5) is 27.9. The lowest BCUT2D eigenvalue weighted by Gasteiger charge is -2.33. The predicted octanol–water partition coefficient (Wildman–Crippen LogP) is 4.75. The van der Waals surface area contributed by atoms with Crippen molar-refractivity contribution in [1.82, 2.24) is 10.2 Å². The van der Waals surface area contributed by atoms with E-state index in [9.17, 15) is 31.2 Å². The molecule has 1 atom stereocenters. The molecule has 1 N–H and O–H groups in total. The number of rotatable bonds is 12. The Morgan fingerprint density at radius 2 is 1.71 bits per heavy atom. The van der Waals surface area contributed by atoms with Crippen molar-refractivity contribution in [3.8, 4) is 0 Å². The van der Waals surface area contributed by atoms with Crippen molar-refractivity contribution >= 4 is 39.1 Å². The molecule has 0 fully saturated rings. The normalized spacial score (nSPS) is 12.8. The van der Waals surface area contributed by atoms with E-state index in [2.05, 4.69) is 5.32 Å². The summed E-state index contributed by atoms with van der Waals surface area (Å²) in [6.45, 7) is 5.26.